The van der Waals surface area contributed by atoms with Crippen LogP contribution in [0.2, 0.25) is 0 Å². The Labute approximate surface area is 124 Å². The molecule has 0 radical (unpaired) electrons. The summed E-state index contributed by atoms with van der Waals surface area (Å²) in [6, 6.07) is 2.71. The number of hydrogen-bond donors (Lipinski definition) is 0. The largest absolute Gasteiger partial charge is 0.338 e. The Morgan fingerprint density at radius 2 is 2.33 bits per heavy atom. The maximum atomic E-state index is 5.27. The summed E-state index contributed by atoms with van der Waals surface area (Å²) in [7, 11) is 2.10. The van der Waals surface area contributed by atoms with Crippen LogP contribution in [0.3, 0.4) is 0 Å². The molecule has 1 aliphatic carbocycles. The van der Waals surface area contributed by atoms with E-state index in [2.05, 4.69) is 38.0 Å². The molecule has 0 N–H and O–H groups in total. The quantitative estimate of drug-likeness (QED) is 0.845. The van der Waals surface area contributed by atoms with Gasteiger partial charge in [0.2, 0.25) is 11.7 Å². The normalized spacial score (nSPS) is 14.8. The molecule has 18 heavy (non-hydrogen) atoms. The molecule has 2 aromatic heterocycles. The number of rotatable bonds is 4. The van der Waals surface area contributed by atoms with Crippen LogP contribution in [0.4, 0.5) is 0 Å². The van der Waals surface area contributed by atoms with E-state index < -0.39 is 0 Å². The Balaban J connectivity index is 0.00000120. The molecule has 0 bridgehead atoms. The van der Waals surface area contributed by atoms with E-state index >= 15 is 0 Å². The Morgan fingerprint density at radius 1 is 1.56 bits per heavy atom. The molecule has 1 fully saturated rings. The third-order valence-corrected chi connectivity index (χ3v) is 4.50. The lowest BCUT2D eigenvalue weighted by molar-refractivity contribution is 0.259. The van der Waals surface area contributed by atoms with Crippen molar-refractivity contribution in [1.82, 2.24) is 15.0 Å². The van der Waals surface area contributed by atoms with Gasteiger partial charge in [-0.05, 0) is 41.9 Å². The summed E-state index contributed by atoms with van der Waals surface area (Å²) in [5.41, 5.74) is 0. The van der Waals surface area contributed by atoms with Gasteiger partial charge in [0.15, 0.2) is 0 Å². The van der Waals surface area contributed by atoms with E-state index in [0.29, 0.717) is 17.8 Å². The first kappa shape index (κ1) is 14.0. The molecule has 0 aromatic carbocycles. The molecule has 2 heterocycles. The molecule has 0 saturated heterocycles. The number of thiophene rings is 1. The molecule has 1 aliphatic rings. The molecule has 0 unspecified atom stereocenters. The zero-order valence-corrected chi connectivity index (χ0v) is 13.0. The van der Waals surface area contributed by atoms with Gasteiger partial charge in [0.05, 0.1) is 11.4 Å². The summed E-state index contributed by atoms with van der Waals surface area (Å²) in [6.45, 7) is 0.740. The van der Waals surface area contributed by atoms with Crippen molar-refractivity contribution in [2.45, 2.75) is 25.4 Å². The van der Waals surface area contributed by atoms with E-state index in [4.69, 9.17) is 4.52 Å². The van der Waals surface area contributed by atoms with Gasteiger partial charge in [-0.15, -0.1) is 23.7 Å². The summed E-state index contributed by atoms with van der Waals surface area (Å²) in [4.78, 5) is 7.71. The fourth-order valence-corrected chi connectivity index (χ4v) is 3.06. The first-order chi connectivity index (χ1) is 8.22. The minimum Gasteiger partial charge on any atom is -0.338 e. The minimum atomic E-state index is 0. The second-order valence-electron chi connectivity index (χ2n) is 4.29. The number of halogens is 2. The van der Waals surface area contributed by atoms with Gasteiger partial charge in [-0.2, -0.15) is 4.98 Å². The predicted octanol–water partition coefficient (Wildman–Crippen LogP) is 3.58. The van der Waals surface area contributed by atoms with Crippen LogP contribution in [0, 0.1) is 0 Å². The molecular weight excluding hydrogens is 338 g/mol. The smallest absolute Gasteiger partial charge is 0.241 e. The Morgan fingerprint density at radius 3 is 2.94 bits per heavy atom. The first-order valence-electron chi connectivity index (χ1n) is 5.49. The van der Waals surface area contributed by atoms with E-state index in [1.54, 1.807) is 11.3 Å². The number of aromatic nitrogens is 2. The average Bonchev–Trinajstić information content (AvgIpc) is 2.92. The van der Waals surface area contributed by atoms with Gasteiger partial charge in [-0.25, -0.2) is 0 Å². The second-order valence-corrected chi connectivity index (χ2v) is 6.11. The van der Waals surface area contributed by atoms with Crippen molar-refractivity contribution in [3.63, 3.8) is 0 Å². The van der Waals surface area contributed by atoms with E-state index in [0.717, 1.165) is 15.9 Å². The van der Waals surface area contributed by atoms with E-state index in [9.17, 15) is 0 Å². The van der Waals surface area contributed by atoms with Crippen LogP contribution >= 0.6 is 39.7 Å². The Bertz CT molecular complexity index is 526. The van der Waals surface area contributed by atoms with E-state index in [-0.39, 0.29) is 12.4 Å². The van der Waals surface area contributed by atoms with Crippen LogP contribution in [-0.2, 0) is 6.54 Å². The molecule has 0 spiro atoms. The van der Waals surface area contributed by atoms with Crippen LogP contribution in [-0.4, -0.2) is 28.1 Å². The lowest BCUT2D eigenvalue weighted by Gasteiger charge is -2.11. The van der Waals surface area contributed by atoms with Crippen molar-refractivity contribution in [3.8, 4) is 10.7 Å². The van der Waals surface area contributed by atoms with Gasteiger partial charge >= 0.3 is 0 Å². The fourth-order valence-electron chi connectivity index (χ4n) is 1.71. The summed E-state index contributed by atoms with van der Waals surface area (Å²) < 4.78 is 6.32. The van der Waals surface area contributed by atoms with Crippen LogP contribution in [0.1, 0.15) is 18.7 Å². The summed E-state index contributed by atoms with van der Waals surface area (Å²) >= 11 is 5.03. The zero-order chi connectivity index (χ0) is 11.8. The molecule has 98 valence electrons. The first-order valence-corrected chi connectivity index (χ1v) is 7.17. The minimum absolute atomic E-state index is 0. The average molecular weight is 351 g/mol. The Hall–Kier alpha value is -0.430. The highest BCUT2D eigenvalue weighted by Crippen LogP contribution is 2.29. The van der Waals surface area contributed by atoms with Crippen molar-refractivity contribution in [2.24, 2.45) is 0 Å². The molecular formula is C11H13BrClN3OS. The van der Waals surface area contributed by atoms with Crippen molar-refractivity contribution < 1.29 is 4.52 Å². The van der Waals surface area contributed by atoms with E-state index in [1.807, 2.05) is 11.4 Å². The number of nitrogens with zero attached hydrogens (tertiary/aromatic N) is 3. The van der Waals surface area contributed by atoms with Crippen LogP contribution < -0.4 is 0 Å². The standard InChI is InChI=1S/C11H12BrN3OS.ClH/c1-15(8-2-3-8)5-10-13-11(14-16-10)9-4-7(12)6-17-9;/h4,6,8H,2-3,5H2,1H3;1H. The monoisotopic (exact) mass is 349 g/mol. The van der Waals surface area contributed by atoms with E-state index in [1.165, 1.54) is 12.8 Å². The fraction of sp³-hybridized carbons (Fsp3) is 0.455. The molecule has 7 heteroatoms. The maximum absolute atomic E-state index is 5.27. The third kappa shape index (κ3) is 3.12. The van der Waals surface area contributed by atoms with Gasteiger partial charge < -0.3 is 4.52 Å². The molecule has 1 saturated carbocycles. The van der Waals surface area contributed by atoms with Gasteiger partial charge in [0.25, 0.3) is 0 Å². The van der Waals surface area contributed by atoms with Crippen molar-refractivity contribution >= 4 is 39.7 Å². The lowest BCUT2D eigenvalue weighted by atomic mass is 10.4. The predicted molar refractivity (Wildman–Crippen MR) is 77.0 cm³/mol. The van der Waals surface area contributed by atoms with Crippen molar-refractivity contribution in [2.75, 3.05) is 7.05 Å². The summed E-state index contributed by atoms with van der Waals surface area (Å²) in [5, 5.41) is 6.02. The molecule has 0 aliphatic heterocycles. The van der Waals surface area contributed by atoms with Crippen molar-refractivity contribution in [3.05, 3.63) is 21.8 Å². The van der Waals surface area contributed by atoms with Gasteiger partial charge in [0, 0.05) is 15.9 Å². The van der Waals surface area contributed by atoms with Crippen molar-refractivity contribution in [1.29, 1.82) is 0 Å². The lowest BCUT2D eigenvalue weighted by Crippen LogP contribution is -2.20. The third-order valence-electron chi connectivity index (χ3n) is 2.81. The van der Waals surface area contributed by atoms with Crippen LogP contribution in [0.5, 0.6) is 0 Å². The van der Waals surface area contributed by atoms with Crippen LogP contribution in [0.25, 0.3) is 10.7 Å². The van der Waals surface area contributed by atoms with Gasteiger partial charge in [-0.1, -0.05) is 5.16 Å². The molecule has 0 amide bonds. The number of hydrogen-bond acceptors (Lipinski definition) is 5. The topological polar surface area (TPSA) is 42.2 Å². The maximum Gasteiger partial charge on any atom is 0.241 e. The van der Waals surface area contributed by atoms with Gasteiger partial charge in [0.1, 0.15) is 0 Å². The molecule has 4 nitrogen and oxygen atoms in total. The molecule has 2 aromatic rings. The second kappa shape index (κ2) is 5.69. The highest BCUT2D eigenvalue weighted by atomic mass is 79.9. The zero-order valence-electron chi connectivity index (χ0n) is 9.80. The Kier molecular flexibility index (Phi) is 4.42. The molecule has 3 rings (SSSR count). The van der Waals surface area contributed by atoms with Gasteiger partial charge in [-0.3, -0.25) is 4.90 Å². The molecule has 0 atom stereocenters. The highest BCUT2D eigenvalue weighted by molar-refractivity contribution is 9.10. The van der Waals surface area contributed by atoms with Crippen LogP contribution in [0.15, 0.2) is 20.4 Å². The summed E-state index contributed by atoms with van der Waals surface area (Å²) in [5.74, 6) is 1.37. The highest BCUT2D eigenvalue weighted by Gasteiger charge is 2.27. The SMILES string of the molecule is CN(Cc1nc(-c2cc(Br)cs2)no1)C1CC1.Cl. The summed E-state index contributed by atoms with van der Waals surface area (Å²) in [6.07, 6.45) is 2.57.